The van der Waals surface area contributed by atoms with Crippen LogP contribution in [-0.4, -0.2) is 49.1 Å². The second-order valence-corrected chi connectivity index (χ2v) is 7.24. The monoisotopic (exact) mass is 376 g/mol. The Balaban J connectivity index is 1.99. The standard InChI is InChI=1S/C17H24N6O4/c1-9-12(10(2)23-15(20-9)18-8-19-23)7-13(24)27-11(3)14(25)21-16(26)22-17(4,5)6/h8,11H,7H2,1-6H3,(H2,21,22,25,26)/t11-/m0/s1. The van der Waals surface area contributed by atoms with E-state index in [1.165, 1.54) is 17.8 Å². The molecule has 3 amide bonds. The third-order valence-electron chi connectivity index (χ3n) is 3.71. The van der Waals surface area contributed by atoms with Gasteiger partial charge in [0, 0.05) is 22.5 Å². The molecule has 2 aromatic rings. The first-order valence-electron chi connectivity index (χ1n) is 8.46. The molecule has 0 radical (unpaired) electrons. The first kappa shape index (κ1) is 20.3. The molecule has 2 rings (SSSR count). The van der Waals surface area contributed by atoms with Crippen molar-refractivity contribution in [3.63, 3.8) is 0 Å². The summed E-state index contributed by atoms with van der Waals surface area (Å²) in [5.41, 5.74) is 1.50. The van der Waals surface area contributed by atoms with Crippen LogP contribution in [0.15, 0.2) is 6.33 Å². The lowest BCUT2D eigenvalue weighted by atomic mass is 10.1. The number of carbonyl (C=O) groups is 3. The number of nitrogens with one attached hydrogen (secondary N) is 2. The number of aryl methyl sites for hydroxylation is 2. The van der Waals surface area contributed by atoms with Crippen LogP contribution < -0.4 is 10.6 Å². The summed E-state index contributed by atoms with van der Waals surface area (Å²) in [5.74, 6) is -0.871. The van der Waals surface area contributed by atoms with Crippen LogP contribution in [0.5, 0.6) is 0 Å². The van der Waals surface area contributed by atoms with E-state index in [1.807, 2.05) is 0 Å². The maximum absolute atomic E-state index is 12.2. The molecule has 2 N–H and O–H groups in total. The molecule has 10 heteroatoms. The van der Waals surface area contributed by atoms with Gasteiger partial charge >= 0.3 is 12.0 Å². The molecule has 2 heterocycles. The van der Waals surface area contributed by atoms with Gasteiger partial charge in [0.25, 0.3) is 11.7 Å². The van der Waals surface area contributed by atoms with Gasteiger partial charge in [-0.2, -0.15) is 10.1 Å². The molecule has 27 heavy (non-hydrogen) atoms. The minimum atomic E-state index is -1.12. The average Bonchev–Trinajstić information content (AvgIpc) is 2.97. The maximum atomic E-state index is 12.2. The second kappa shape index (κ2) is 7.68. The number of esters is 1. The molecule has 0 spiro atoms. The largest absolute Gasteiger partial charge is 0.452 e. The summed E-state index contributed by atoms with van der Waals surface area (Å²) in [6.45, 7) is 10.3. The smallest absolute Gasteiger partial charge is 0.321 e. The highest BCUT2D eigenvalue weighted by molar-refractivity contribution is 5.97. The SMILES string of the molecule is Cc1nc2ncnn2c(C)c1CC(=O)O[C@@H](C)C(=O)NC(=O)NC(C)(C)C. The van der Waals surface area contributed by atoms with E-state index in [4.69, 9.17) is 4.74 Å². The van der Waals surface area contributed by atoms with E-state index in [-0.39, 0.29) is 6.42 Å². The Labute approximate surface area is 156 Å². The summed E-state index contributed by atoms with van der Waals surface area (Å²) in [5, 5.41) is 8.80. The Morgan fingerprint density at radius 3 is 2.56 bits per heavy atom. The highest BCUT2D eigenvalue weighted by atomic mass is 16.5. The number of hydrogen-bond donors (Lipinski definition) is 2. The van der Waals surface area contributed by atoms with Crippen LogP contribution in [-0.2, 0) is 20.7 Å². The van der Waals surface area contributed by atoms with Gasteiger partial charge in [0.05, 0.1) is 6.42 Å². The summed E-state index contributed by atoms with van der Waals surface area (Å²) >= 11 is 0. The van der Waals surface area contributed by atoms with Crippen molar-refractivity contribution in [2.24, 2.45) is 0 Å². The molecule has 10 nitrogen and oxygen atoms in total. The Kier molecular flexibility index (Phi) is 5.77. The maximum Gasteiger partial charge on any atom is 0.321 e. The van der Waals surface area contributed by atoms with Crippen molar-refractivity contribution in [2.75, 3.05) is 0 Å². The third-order valence-corrected chi connectivity index (χ3v) is 3.71. The van der Waals surface area contributed by atoms with Crippen molar-refractivity contribution >= 4 is 23.7 Å². The molecular formula is C17H24N6O4. The molecular weight excluding hydrogens is 352 g/mol. The van der Waals surface area contributed by atoms with Gasteiger partial charge in [-0.15, -0.1) is 0 Å². The Hall–Kier alpha value is -3.04. The van der Waals surface area contributed by atoms with Gasteiger partial charge in [0.1, 0.15) is 6.33 Å². The predicted octanol–water partition coefficient (Wildman–Crippen LogP) is 0.840. The molecule has 0 aliphatic carbocycles. The number of nitrogens with zero attached hydrogens (tertiary/aromatic N) is 4. The van der Waals surface area contributed by atoms with Crippen molar-refractivity contribution in [2.45, 2.75) is 59.6 Å². The molecule has 0 bridgehead atoms. The first-order chi connectivity index (χ1) is 12.5. The number of fused-ring (bicyclic) bond motifs is 1. The first-order valence-corrected chi connectivity index (χ1v) is 8.46. The number of carbonyl (C=O) groups excluding carboxylic acids is 3. The van der Waals surface area contributed by atoms with E-state index in [0.29, 0.717) is 22.7 Å². The van der Waals surface area contributed by atoms with E-state index < -0.39 is 29.6 Å². The molecule has 146 valence electrons. The molecule has 2 aromatic heterocycles. The molecule has 0 saturated carbocycles. The summed E-state index contributed by atoms with van der Waals surface area (Å²) in [7, 11) is 0. The summed E-state index contributed by atoms with van der Waals surface area (Å²) in [6.07, 6.45) is 0.185. The molecule has 0 unspecified atom stereocenters. The molecule has 0 aliphatic heterocycles. The summed E-state index contributed by atoms with van der Waals surface area (Å²) in [4.78, 5) is 44.3. The quantitative estimate of drug-likeness (QED) is 0.757. The number of amides is 3. The highest BCUT2D eigenvalue weighted by Gasteiger charge is 2.23. The highest BCUT2D eigenvalue weighted by Crippen LogP contribution is 2.14. The zero-order chi connectivity index (χ0) is 20.4. The van der Waals surface area contributed by atoms with E-state index in [2.05, 4.69) is 25.7 Å². The lowest BCUT2D eigenvalue weighted by Gasteiger charge is -2.21. The van der Waals surface area contributed by atoms with E-state index in [9.17, 15) is 14.4 Å². The van der Waals surface area contributed by atoms with Crippen LogP contribution in [0.2, 0.25) is 0 Å². The molecule has 0 saturated heterocycles. The fourth-order valence-electron chi connectivity index (χ4n) is 2.43. The fraction of sp³-hybridized carbons (Fsp3) is 0.529. The van der Waals surface area contributed by atoms with Crippen LogP contribution in [0.3, 0.4) is 0 Å². The van der Waals surface area contributed by atoms with Crippen molar-refractivity contribution in [3.05, 3.63) is 23.3 Å². The molecule has 0 fully saturated rings. The minimum absolute atomic E-state index is 0.0771. The van der Waals surface area contributed by atoms with Crippen LogP contribution in [0.25, 0.3) is 5.78 Å². The summed E-state index contributed by atoms with van der Waals surface area (Å²) < 4.78 is 6.68. The van der Waals surface area contributed by atoms with Gasteiger partial charge in [0.2, 0.25) is 0 Å². The number of aromatic nitrogens is 4. The number of imide groups is 1. The number of ether oxygens (including phenoxy) is 1. The van der Waals surface area contributed by atoms with Gasteiger partial charge in [0.15, 0.2) is 6.10 Å². The average molecular weight is 376 g/mol. The van der Waals surface area contributed by atoms with Crippen LogP contribution in [0, 0.1) is 13.8 Å². The number of hydrogen-bond acceptors (Lipinski definition) is 7. The van der Waals surface area contributed by atoms with E-state index >= 15 is 0 Å². The van der Waals surface area contributed by atoms with E-state index in [0.717, 1.165) is 0 Å². The topological polar surface area (TPSA) is 128 Å². The Morgan fingerprint density at radius 1 is 1.26 bits per heavy atom. The second-order valence-electron chi connectivity index (χ2n) is 7.24. The van der Waals surface area contributed by atoms with Crippen molar-refractivity contribution in [1.82, 2.24) is 30.2 Å². The summed E-state index contributed by atoms with van der Waals surface area (Å²) in [6, 6.07) is -0.650. The lowest BCUT2D eigenvalue weighted by Crippen LogP contribution is -2.50. The van der Waals surface area contributed by atoms with Crippen LogP contribution in [0.4, 0.5) is 4.79 Å². The minimum Gasteiger partial charge on any atom is -0.452 e. The predicted molar refractivity (Wildman–Crippen MR) is 95.9 cm³/mol. The lowest BCUT2D eigenvalue weighted by molar-refractivity contribution is -0.153. The third kappa shape index (κ3) is 5.22. The Morgan fingerprint density at radius 2 is 1.93 bits per heavy atom. The Bertz CT molecular complexity index is 883. The van der Waals surface area contributed by atoms with Gasteiger partial charge in [-0.1, -0.05) is 0 Å². The number of urea groups is 1. The van der Waals surface area contributed by atoms with Gasteiger partial charge < -0.3 is 10.1 Å². The van der Waals surface area contributed by atoms with Crippen molar-refractivity contribution in [1.29, 1.82) is 0 Å². The fourth-order valence-corrected chi connectivity index (χ4v) is 2.43. The van der Waals surface area contributed by atoms with Crippen molar-refractivity contribution < 1.29 is 19.1 Å². The number of rotatable bonds is 4. The van der Waals surface area contributed by atoms with Crippen LogP contribution in [0.1, 0.15) is 44.6 Å². The van der Waals surface area contributed by atoms with Crippen LogP contribution >= 0.6 is 0 Å². The van der Waals surface area contributed by atoms with E-state index in [1.54, 1.807) is 34.6 Å². The zero-order valence-electron chi connectivity index (χ0n) is 16.3. The molecule has 0 aromatic carbocycles. The molecule has 1 atom stereocenters. The van der Waals surface area contributed by atoms with Gasteiger partial charge in [-0.05, 0) is 41.5 Å². The van der Waals surface area contributed by atoms with Gasteiger partial charge in [-0.25, -0.2) is 14.3 Å². The normalized spacial score (nSPS) is 12.5. The van der Waals surface area contributed by atoms with Gasteiger partial charge in [-0.3, -0.25) is 14.9 Å². The van der Waals surface area contributed by atoms with Crippen molar-refractivity contribution in [3.8, 4) is 0 Å². The zero-order valence-corrected chi connectivity index (χ0v) is 16.3. The molecule has 0 aliphatic rings.